The molecule has 0 unspecified atom stereocenters. The standard InChI is InChI=1S/C21H23FN2O3/c1-16-6-8-18(9-7-16)27-15-21(26)24-12-10-23(11-13-24)20(25)14-17-4-2-3-5-19(17)22/h2-9H,10-15H2,1H3. The van der Waals surface area contributed by atoms with Crippen molar-refractivity contribution in [2.45, 2.75) is 13.3 Å². The van der Waals surface area contributed by atoms with Gasteiger partial charge in [-0.2, -0.15) is 0 Å². The molecule has 27 heavy (non-hydrogen) atoms. The van der Waals surface area contributed by atoms with Gasteiger partial charge in [0.2, 0.25) is 5.91 Å². The normalized spacial score (nSPS) is 14.1. The molecule has 2 amide bonds. The Labute approximate surface area is 158 Å². The van der Waals surface area contributed by atoms with Crippen molar-refractivity contribution in [3.05, 3.63) is 65.5 Å². The van der Waals surface area contributed by atoms with Crippen LogP contribution in [0.4, 0.5) is 4.39 Å². The van der Waals surface area contributed by atoms with Crippen molar-refractivity contribution in [2.24, 2.45) is 0 Å². The Hall–Kier alpha value is -2.89. The number of hydrogen-bond acceptors (Lipinski definition) is 3. The molecule has 142 valence electrons. The maximum Gasteiger partial charge on any atom is 0.260 e. The topological polar surface area (TPSA) is 49.9 Å². The summed E-state index contributed by atoms with van der Waals surface area (Å²) in [6.07, 6.45) is 0.0388. The predicted molar refractivity (Wildman–Crippen MR) is 99.9 cm³/mol. The smallest absolute Gasteiger partial charge is 0.260 e. The predicted octanol–water partition coefficient (Wildman–Crippen LogP) is 2.43. The van der Waals surface area contributed by atoms with Crippen LogP contribution < -0.4 is 4.74 Å². The Morgan fingerprint density at radius 1 is 0.926 bits per heavy atom. The lowest BCUT2D eigenvalue weighted by atomic mass is 10.1. The SMILES string of the molecule is Cc1ccc(OCC(=O)N2CCN(C(=O)Cc3ccccc3F)CC2)cc1. The molecule has 1 aliphatic heterocycles. The second-order valence-electron chi connectivity index (χ2n) is 6.63. The molecule has 3 rings (SSSR count). The van der Waals surface area contributed by atoms with Crippen LogP contribution in [0.3, 0.4) is 0 Å². The summed E-state index contributed by atoms with van der Waals surface area (Å²) < 4.78 is 19.2. The van der Waals surface area contributed by atoms with Crippen LogP contribution in [0.25, 0.3) is 0 Å². The van der Waals surface area contributed by atoms with Gasteiger partial charge >= 0.3 is 0 Å². The highest BCUT2D eigenvalue weighted by molar-refractivity contribution is 5.80. The Kier molecular flexibility index (Phi) is 6.06. The molecule has 0 spiro atoms. The minimum atomic E-state index is -0.368. The van der Waals surface area contributed by atoms with Gasteiger partial charge in [0.15, 0.2) is 6.61 Å². The first-order valence-electron chi connectivity index (χ1n) is 9.01. The van der Waals surface area contributed by atoms with Gasteiger partial charge in [-0.1, -0.05) is 35.9 Å². The van der Waals surface area contributed by atoms with Crippen molar-refractivity contribution in [3.8, 4) is 5.75 Å². The summed E-state index contributed by atoms with van der Waals surface area (Å²) in [6, 6.07) is 13.8. The first-order chi connectivity index (χ1) is 13.0. The Morgan fingerprint density at radius 2 is 1.52 bits per heavy atom. The maximum atomic E-state index is 13.7. The summed E-state index contributed by atoms with van der Waals surface area (Å²) in [5.41, 5.74) is 1.53. The fourth-order valence-electron chi connectivity index (χ4n) is 2.99. The van der Waals surface area contributed by atoms with Gasteiger partial charge in [-0.15, -0.1) is 0 Å². The van der Waals surface area contributed by atoms with Crippen molar-refractivity contribution in [1.29, 1.82) is 0 Å². The monoisotopic (exact) mass is 370 g/mol. The maximum absolute atomic E-state index is 13.7. The van der Waals surface area contributed by atoms with E-state index in [9.17, 15) is 14.0 Å². The molecule has 2 aromatic rings. The summed E-state index contributed by atoms with van der Waals surface area (Å²) >= 11 is 0. The van der Waals surface area contributed by atoms with E-state index in [0.717, 1.165) is 5.56 Å². The van der Waals surface area contributed by atoms with E-state index >= 15 is 0 Å². The van der Waals surface area contributed by atoms with E-state index in [1.807, 2.05) is 31.2 Å². The van der Waals surface area contributed by atoms with Crippen LogP contribution in [0.1, 0.15) is 11.1 Å². The van der Waals surface area contributed by atoms with Crippen LogP contribution in [-0.4, -0.2) is 54.4 Å². The molecule has 0 aromatic heterocycles. The summed E-state index contributed by atoms with van der Waals surface area (Å²) in [5, 5.41) is 0. The van der Waals surface area contributed by atoms with E-state index in [1.54, 1.807) is 28.0 Å². The molecule has 0 bridgehead atoms. The quantitative estimate of drug-likeness (QED) is 0.812. The summed E-state index contributed by atoms with van der Waals surface area (Å²) in [6.45, 7) is 3.78. The summed E-state index contributed by atoms with van der Waals surface area (Å²) in [5.74, 6) is 0.0699. The van der Waals surface area contributed by atoms with Crippen LogP contribution >= 0.6 is 0 Å². The number of piperazine rings is 1. The number of carbonyl (C=O) groups is 2. The number of rotatable bonds is 5. The highest BCUT2D eigenvalue weighted by atomic mass is 19.1. The molecule has 1 fully saturated rings. The molecule has 0 saturated carbocycles. The average Bonchev–Trinajstić information content (AvgIpc) is 2.69. The third-order valence-corrected chi connectivity index (χ3v) is 4.67. The minimum absolute atomic E-state index is 0.0216. The molecule has 0 atom stereocenters. The number of halogens is 1. The number of carbonyl (C=O) groups excluding carboxylic acids is 2. The lowest BCUT2D eigenvalue weighted by Crippen LogP contribution is -2.52. The fourth-order valence-corrected chi connectivity index (χ4v) is 2.99. The molecule has 2 aromatic carbocycles. The van der Waals surface area contributed by atoms with Crippen LogP contribution in [0.15, 0.2) is 48.5 Å². The number of ether oxygens (including phenoxy) is 1. The van der Waals surface area contributed by atoms with Crippen molar-refractivity contribution >= 4 is 11.8 Å². The zero-order valence-electron chi connectivity index (χ0n) is 15.4. The van der Waals surface area contributed by atoms with Crippen LogP contribution in [0.5, 0.6) is 5.75 Å². The number of amides is 2. The molecule has 0 aliphatic carbocycles. The minimum Gasteiger partial charge on any atom is -0.484 e. The first-order valence-corrected chi connectivity index (χ1v) is 9.01. The zero-order valence-corrected chi connectivity index (χ0v) is 15.4. The van der Waals surface area contributed by atoms with Crippen LogP contribution in [-0.2, 0) is 16.0 Å². The second-order valence-corrected chi connectivity index (χ2v) is 6.63. The van der Waals surface area contributed by atoms with E-state index in [1.165, 1.54) is 6.07 Å². The molecule has 1 heterocycles. The molecule has 5 nitrogen and oxygen atoms in total. The van der Waals surface area contributed by atoms with E-state index in [-0.39, 0.29) is 30.7 Å². The molecule has 0 radical (unpaired) electrons. The highest BCUT2D eigenvalue weighted by Gasteiger charge is 2.24. The molecular weight excluding hydrogens is 347 g/mol. The Bertz CT molecular complexity index is 799. The molecular formula is C21H23FN2O3. The lowest BCUT2D eigenvalue weighted by molar-refractivity contribution is -0.140. The number of nitrogens with zero attached hydrogens (tertiary/aromatic N) is 2. The number of hydrogen-bond donors (Lipinski definition) is 0. The highest BCUT2D eigenvalue weighted by Crippen LogP contribution is 2.13. The summed E-state index contributed by atoms with van der Waals surface area (Å²) in [7, 11) is 0. The largest absolute Gasteiger partial charge is 0.484 e. The molecule has 6 heteroatoms. The third-order valence-electron chi connectivity index (χ3n) is 4.67. The van der Waals surface area contributed by atoms with Crippen molar-refractivity contribution < 1.29 is 18.7 Å². The van der Waals surface area contributed by atoms with Crippen LogP contribution in [0.2, 0.25) is 0 Å². The Balaban J connectivity index is 1.45. The van der Waals surface area contributed by atoms with Crippen molar-refractivity contribution in [1.82, 2.24) is 9.80 Å². The third kappa shape index (κ3) is 5.06. The number of benzene rings is 2. The molecule has 0 N–H and O–H groups in total. The van der Waals surface area contributed by atoms with Gasteiger partial charge in [0, 0.05) is 26.2 Å². The van der Waals surface area contributed by atoms with Crippen LogP contribution in [0, 0.1) is 12.7 Å². The van der Waals surface area contributed by atoms with Gasteiger partial charge in [0.05, 0.1) is 6.42 Å². The fraction of sp³-hybridized carbons (Fsp3) is 0.333. The van der Waals surface area contributed by atoms with Gasteiger partial charge in [0.25, 0.3) is 5.91 Å². The van der Waals surface area contributed by atoms with Gasteiger partial charge in [-0.3, -0.25) is 9.59 Å². The second kappa shape index (κ2) is 8.66. The average molecular weight is 370 g/mol. The van der Waals surface area contributed by atoms with E-state index in [4.69, 9.17) is 4.74 Å². The molecule has 1 saturated heterocycles. The van der Waals surface area contributed by atoms with E-state index < -0.39 is 0 Å². The summed E-state index contributed by atoms with van der Waals surface area (Å²) in [4.78, 5) is 28.0. The lowest BCUT2D eigenvalue weighted by Gasteiger charge is -2.34. The van der Waals surface area contributed by atoms with Gasteiger partial charge in [0.1, 0.15) is 11.6 Å². The van der Waals surface area contributed by atoms with Crippen molar-refractivity contribution in [3.63, 3.8) is 0 Å². The molecule has 1 aliphatic rings. The van der Waals surface area contributed by atoms with Gasteiger partial charge in [-0.05, 0) is 30.7 Å². The number of aryl methyl sites for hydroxylation is 1. The zero-order chi connectivity index (χ0) is 19.2. The first kappa shape index (κ1) is 18.9. The van der Waals surface area contributed by atoms with Gasteiger partial charge < -0.3 is 14.5 Å². The van der Waals surface area contributed by atoms with E-state index in [0.29, 0.717) is 37.5 Å². The van der Waals surface area contributed by atoms with E-state index in [2.05, 4.69) is 0 Å². The van der Waals surface area contributed by atoms with Gasteiger partial charge in [-0.25, -0.2) is 4.39 Å². The van der Waals surface area contributed by atoms with Crippen molar-refractivity contribution in [2.75, 3.05) is 32.8 Å². The Morgan fingerprint density at radius 3 is 2.15 bits per heavy atom.